The Labute approximate surface area is 184 Å². The van der Waals surface area contributed by atoms with Gasteiger partial charge in [0.15, 0.2) is 0 Å². The molecule has 2 aromatic carbocycles. The Hall–Kier alpha value is -3.58. The largest absolute Gasteiger partial charge is 0.361 e. The zero-order valence-electron chi connectivity index (χ0n) is 17.2. The van der Waals surface area contributed by atoms with Crippen LogP contribution in [0, 0.1) is 13.8 Å². The van der Waals surface area contributed by atoms with Crippen LogP contribution in [0.4, 0.5) is 0 Å². The normalized spacial score (nSPS) is 10.8. The van der Waals surface area contributed by atoms with E-state index in [2.05, 4.69) is 40.7 Å². The monoisotopic (exact) mass is 430 g/mol. The summed E-state index contributed by atoms with van der Waals surface area (Å²) in [7, 11) is 0. The summed E-state index contributed by atoms with van der Waals surface area (Å²) in [5.41, 5.74) is 9.63. The molecule has 0 aliphatic carbocycles. The molecule has 31 heavy (non-hydrogen) atoms. The molecule has 4 rings (SSSR count). The van der Waals surface area contributed by atoms with Gasteiger partial charge in [0, 0.05) is 28.2 Å². The minimum atomic E-state index is -0.410. The summed E-state index contributed by atoms with van der Waals surface area (Å²) >= 11 is 1.42. The maximum Gasteiger partial charge on any atom is 0.272 e. The number of aromatic amines is 1. The predicted molar refractivity (Wildman–Crippen MR) is 122 cm³/mol. The second kappa shape index (κ2) is 9.06. The molecular formula is C24H22N4O2S. The number of rotatable bonds is 5. The summed E-state index contributed by atoms with van der Waals surface area (Å²) in [6.45, 7) is 4.11. The molecule has 4 aromatic rings. The zero-order valence-corrected chi connectivity index (χ0v) is 18.0. The van der Waals surface area contributed by atoms with E-state index in [9.17, 15) is 9.59 Å². The lowest BCUT2D eigenvalue weighted by atomic mass is 10.1. The molecule has 0 radical (unpaired) electrons. The van der Waals surface area contributed by atoms with Crippen LogP contribution in [0.5, 0.6) is 0 Å². The van der Waals surface area contributed by atoms with Crippen LogP contribution in [0.1, 0.15) is 27.0 Å². The summed E-state index contributed by atoms with van der Waals surface area (Å²) < 4.78 is 0. The van der Waals surface area contributed by atoms with Crippen molar-refractivity contribution in [2.45, 2.75) is 30.2 Å². The number of benzene rings is 2. The molecule has 2 aromatic heterocycles. The van der Waals surface area contributed by atoms with Gasteiger partial charge in [0.1, 0.15) is 5.03 Å². The molecule has 3 N–H and O–H groups in total. The minimum absolute atomic E-state index is 0.154. The highest BCUT2D eigenvalue weighted by atomic mass is 32.2. The molecule has 0 atom stereocenters. The molecule has 0 aliphatic rings. The van der Waals surface area contributed by atoms with Crippen molar-refractivity contribution in [2.75, 3.05) is 0 Å². The van der Waals surface area contributed by atoms with Crippen molar-refractivity contribution in [3.63, 3.8) is 0 Å². The Kier molecular flexibility index (Phi) is 6.04. The van der Waals surface area contributed by atoms with Crippen LogP contribution in [0.3, 0.4) is 0 Å². The van der Waals surface area contributed by atoms with Crippen LogP contribution in [0.25, 0.3) is 10.9 Å². The molecule has 0 fully saturated rings. The lowest BCUT2D eigenvalue weighted by Gasteiger charge is -2.11. The van der Waals surface area contributed by atoms with Gasteiger partial charge in [-0.05, 0) is 60.9 Å². The van der Waals surface area contributed by atoms with Crippen molar-refractivity contribution < 1.29 is 9.59 Å². The molecular weight excluding hydrogens is 408 g/mol. The van der Waals surface area contributed by atoms with E-state index in [0.717, 1.165) is 21.4 Å². The second-order valence-corrected chi connectivity index (χ2v) is 8.31. The summed E-state index contributed by atoms with van der Waals surface area (Å²) in [6.07, 6.45) is 3.61. The quantitative estimate of drug-likeness (QED) is 0.411. The number of carbonyl (C=O) groups excluding carboxylic acids is 2. The van der Waals surface area contributed by atoms with Crippen molar-refractivity contribution in [1.29, 1.82) is 0 Å². The number of aryl methyl sites for hydroxylation is 2. The maximum atomic E-state index is 12.7. The van der Waals surface area contributed by atoms with Crippen LogP contribution in [-0.4, -0.2) is 21.8 Å². The summed E-state index contributed by atoms with van der Waals surface area (Å²) in [4.78, 5) is 33.6. The Morgan fingerprint density at radius 3 is 2.68 bits per heavy atom. The first-order chi connectivity index (χ1) is 15.0. The van der Waals surface area contributed by atoms with Crippen molar-refractivity contribution in [1.82, 2.24) is 20.8 Å². The molecule has 0 spiro atoms. The second-order valence-electron chi connectivity index (χ2n) is 7.24. The van der Waals surface area contributed by atoms with Crippen LogP contribution in [0.2, 0.25) is 0 Å². The highest BCUT2D eigenvalue weighted by Gasteiger charge is 2.15. The Morgan fingerprint density at radius 2 is 1.84 bits per heavy atom. The average molecular weight is 431 g/mol. The molecule has 0 bridgehead atoms. The summed E-state index contributed by atoms with van der Waals surface area (Å²) in [5.74, 6) is -0.711. The number of fused-ring (bicyclic) bond motifs is 1. The van der Waals surface area contributed by atoms with E-state index in [1.165, 1.54) is 22.9 Å². The fourth-order valence-corrected chi connectivity index (χ4v) is 4.20. The third-order valence-electron chi connectivity index (χ3n) is 5.05. The molecule has 6 nitrogen and oxygen atoms in total. The van der Waals surface area contributed by atoms with Gasteiger partial charge in [-0.2, -0.15) is 0 Å². The highest BCUT2D eigenvalue weighted by molar-refractivity contribution is 7.99. The van der Waals surface area contributed by atoms with Gasteiger partial charge in [-0.15, -0.1) is 0 Å². The first-order valence-electron chi connectivity index (χ1n) is 9.85. The molecule has 2 heterocycles. The first kappa shape index (κ1) is 20.7. The average Bonchev–Trinajstić information content (AvgIpc) is 3.18. The van der Waals surface area contributed by atoms with E-state index >= 15 is 0 Å². The van der Waals surface area contributed by atoms with Gasteiger partial charge in [0.05, 0.1) is 12.0 Å². The molecule has 0 saturated heterocycles. The number of nitrogens with zero attached hydrogens (tertiary/aromatic N) is 1. The lowest BCUT2D eigenvalue weighted by Crippen LogP contribution is -2.42. The zero-order chi connectivity index (χ0) is 21.8. The molecule has 7 heteroatoms. The molecule has 156 valence electrons. The molecule has 2 amide bonds. The van der Waals surface area contributed by atoms with Crippen molar-refractivity contribution in [2.24, 2.45) is 0 Å². The number of hydrogen-bond acceptors (Lipinski definition) is 4. The Morgan fingerprint density at radius 1 is 1.00 bits per heavy atom. The molecule has 0 saturated carbocycles. The maximum absolute atomic E-state index is 12.7. The topological polar surface area (TPSA) is 86.9 Å². The molecule has 0 unspecified atom stereocenters. The number of hydrogen-bond donors (Lipinski definition) is 3. The highest BCUT2D eigenvalue weighted by Crippen LogP contribution is 2.29. The van der Waals surface area contributed by atoms with Crippen molar-refractivity contribution in [3.05, 3.63) is 89.2 Å². The number of carbonyl (C=O) groups is 2. The van der Waals surface area contributed by atoms with Crippen LogP contribution < -0.4 is 10.9 Å². The van der Waals surface area contributed by atoms with Gasteiger partial charge in [-0.3, -0.25) is 20.4 Å². The van der Waals surface area contributed by atoms with E-state index in [1.807, 2.05) is 42.6 Å². The Balaban J connectivity index is 1.41. The number of pyridine rings is 1. The predicted octanol–water partition coefficient (Wildman–Crippen LogP) is 4.33. The first-order valence-corrected chi connectivity index (χ1v) is 10.7. The Bertz CT molecular complexity index is 1270. The van der Waals surface area contributed by atoms with Gasteiger partial charge in [0.2, 0.25) is 5.91 Å². The number of H-pyrrole nitrogens is 1. The number of para-hydroxylation sites is 1. The van der Waals surface area contributed by atoms with Gasteiger partial charge in [-0.1, -0.05) is 36.0 Å². The van der Waals surface area contributed by atoms with E-state index in [1.54, 1.807) is 18.3 Å². The number of nitrogens with one attached hydrogen (secondary N) is 3. The smallest absolute Gasteiger partial charge is 0.272 e. The third-order valence-corrected chi connectivity index (χ3v) is 6.06. The van der Waals surface area contributed by atoms with Crippen molar-refractivity contribution >= 4 is 34.5 Å². The van der Waals surface area contributed by atoms with Crippen LogP contribution >= 0.6 is 11.8 Å². The summed E-state index contributed by atoms with van der Waals surface area (Å²) in [6, 6.07) is 17.3. The van der Waals surface area contributed by atoms with E-state index in [4.69, 9.17) is 0 Å². The van der Waals surface area contributed by atoms with E-state index in [0.29, 0.717) is 10.6 Å². The van der Waals surface area contributed by atoms with Gasteiger partial charge < -0.3 is 4.98 Å². The molecule has 0 aliphatic heterocycles. The van der Waals surface area contributed by atoms with Gasteiger partial charge in [0.25, 0.3) is 5.91 Å². The minimum Gasteiger partial charge on any atom is -0.361 e. The summed E-state index contributed by atoms with van der Waals surface area (Å²) in [5, 5.41) is 1.57. The van der Waals surface area contributed by atoms with E-state index in [-0.39, 0.29) is 12.3 Å². The van der Waals surface area contributed by atoms with E-state index < -0.39 is 5.91 Å². The van der Waals surface area contributed by atoms with Crippen molar-refractivity contribution in [3.8, 4) is 0 Å². The third kappa shape index (κ3) is 4.78. The standard InChI is InChI=1S/C24H22N4O2S/c1-15-9-10-18(12-16(15)2)31-24-20(7-5-11-25-24)23(30)28-27-22(29)13-17-14-26-21-8-4-3-6-19(17)21/h3-12,14,26H,13H2,1-2H3,(H,27,29)(H,28,30). The van der Waals surface area contributed by atoms with Gasteiger partial charge in [-0.25, -0.2) is 4.98 Å². The fraction of sp³-hybridized carbons (Fsp3) is 0.125. The van der Waals surface area contributed by atoms with Gasteiger partial charge >= 0.3 is 0 Å². The number of hydrazine groups is 1. The lowest BCUT2D eigenvalue weighted by molar-refractivity contribution is -0.121. The number of aromatic nitrogens is 2. The SMILES string of the molecule is Cc1ccc(Sc2ncccc2C(=O)NNC(=O)Cc2c[nH]c3ccccc23)cc1C. The number of amides is 2. The van der Waals surface area contributed by atoms with Crippen LogP contribution in [0.15, 0.2) is 76.9 Å². The van der Waals surface area contributed by atoms with Crippen LogP contribution in [-0.2, 0) is 11.2 Å². The fourth-order valence-electron chi connectivity index (χ4n) is 3.22.